The molecule has 1 aliphatic rings. The minimum atomic E-state index is -4.46. The van der Waals surface area contributed by atoms with E-state index in [2.05, 4.69) is 5.32 Å². The molecule has 1 heterocycles. The smallest absolute Gasteiger partial charge is 0.381 e. The molecule has 0 bridgehead atoms. The van der Waals surface area contributed by atoms with Crippen molar-refractivity contribution in [2.24, 2.45) is 5.73 Å². The van der Waals surface area contributed by atoms with Crippen molar-refractivity contribution < 1.29 is 22.7 Å². The number of hydrogen-bond acceptors (Lipinski definition) is 3. The standard InChI is InChI=1S/C15H19F3N2O2/c1-10(11-4-2-3-5-12(11)15(16,17)18)20-13(21)14(19)6-8-22-9-7-14/h2-5,10H,6-9,19H2,1H3,(H,20,21). The number of amides is 1. The van der Waals surface area contributed by atoms with Crippen molar-refractivity contribution in [3.63, 3.8) is 0 Å². The first-order valence-electron chi connectivity index (χ1n) is 7.08. The largest absolute Gasteiger partial charge is 0.416 e. The van der Waals surface area contributed by atoms with Crippen LogP contribution in [0.2, 0.25) is 0 Å². The van der Waals surface area contributed by atoms with E-state index in [0.29, 0.717) is 26.1 Å². The summed E-state index contributed by atoms with van der Waals surface area (Å²) >= 11 is 0. The quantitative estimate of drug-likeness (QED) is 0.900. The van der Waals surface area contributed by atoms with Crippen molar-refractivity contribution >= 4 is 5.91 Å². The molecule has 7 heteroatoms. The number of benzene rings is 1. The Hall–Kier alpha value is -1.60. The molecule has 2 rings (SSSR count). The molecule has 1 aromatic carbocycles. The maximum atomic E-state index is 13.0. The minimum Gasteiger partial charge on any atom is -0.381 e. The van der Waals surface area contributed by atoms with E-state index in [-0.39, 0.29) is 5.56 Å². The van der Waals surface area contributed by atoms with Crippen LogP contribution in [0.3, 0.4) is 0 Å². The molecule has 1 aromatic rings. The third-order valence-electron chi connectivity index (χ3n) is 3.92. The zero-order chi connectivity index (χ0) is 16.4. The van der Waals surface area contributed by atoms with Crippen LogP contribution in [0.4, 0.5) is 13.2 Å². The van der Waals surface area contributed by atoms with Gasteiger partial charge in [-0.15, -0.1) is 0 Å². The van der Waals surface area contributed by atoms with Crippen LogP contribution in [0.25, 0.3) is 0 Å². The van der Waals surface area contributed by atoms with Gasteiger partial charge >= 0.3 is 6.18 Å². The molecule has 0 spiro atoms. The van der Waals surface area contributed by atoms with Crippen LogP contribution in [0, 0.1) is 0 Å². The summed E-state index contributed by atoms with van der Waals surface area (Å²) in [6.07, 6.45) is -3.76. The number of carbonyl (C=O) groups is 1. The molecule has 0 aromatic heterocycles. The van der Waals surface area contributed by atoms with Gasteiger partial charge in [0.25, 0.3) is 0 Å². The first kappa shape index (κ1) is 16.8. The lowest BCUT2D eigenvalue weighted by atomic mass is 9.89. The van der Waals surface area contributed by atoms with Crippen molar-refractivity contribution in [3.8, 4) is 0 Å². The van der Waals surface area contributed by atoms with Gasteiger partial charge in [0.15, 0.2) is 0 Å². The Kier molecular flexibility index (Phi) is 4.77. The Morgan fingerprint density at radius 1 is 1.32 bits per heavy atom. The second kappa shape index (κ2) is 6.26. The highest BCUT2D eigenvalue weighted by molar-refractivity contribution is 5.86. The molecule has 0 radical (unpaired) electrons. The molecule has 22 heavy (non-hydrogen) atoms. The van der Waals surface area contributed by atoms with E-state index in [4.69, 9.17) is 10.5 Å². The monoisotopic (exact) mass is 316 g/mol. The molecular formula is C15H19F3N2O2. The van der Waals surface area contributed by atoms with Crippen molar-refractivity contribution in [2.45, 2.75) is 37.5 Å². The highest BCUT2D eigenvalue weighted by atomic mass is 19.4. The number of ether oxygens (including phenoxy) is 1. The van der Waals surface area contributed by atoms with E-state index in [0.717, 1.165) is 6.07 Å². The van der Waals surface area contributed by atoms with Gasteiger partial charge in [0.2, 0.25) is 5.91 Å². The van der Waals surface area contributed by atoms with Gasteiger partial charge in [-0.2, -0.15) is 13.2 Å². The second-order valence-corrected chi connectivity index (χ2v) is 5.55. The zero-order valence-corrected chi connectivity index (χ0v) is 12.2. The van der Waals surface area contributed by atoms with Gasteiger partial charge < -0.3 is 15.8 Å². The van der Waals surface area contributed by atoms with Crippen molar-refractivity contribution in [3.05, 3.63) is 35.4 Å². The van der Waals surface area contributed by atoms with Crippen LogP contribution >= 0.6 is 0 Å². The molecule has 4 nitrogen and oxygen atoms in total. The molecule has 1 aliphatic heterocycles. The highest BCUT2D eigenvalue weighted by Gasteiger charge is 2.38. The topological polar surface area (TPSA) is 64.4 Å². The summed E-state index contributed by atoms with van der Waals surface area (Å²) in [4.78, 5) is 12.3. The van der Waals surface area contributed by atoms with Gasteiger partial charge in [-0.05, 0) is 31.4 Å². The van der Waals surface area contributed by atoms with Crippen molar-refractivity contribution in [2.75, 3.05) is 13.2 Å². The number of hydrogen-bond donors (Lipinski definition) is 2. The molecule has 0 saturated carbocycles. The Balaban J connectivity index is 2.16. The fraction of sp³-hybridized carbons (Fsp3) is 0.533. The van der Waals surface area contributed by atoms with Crippen LogP contribution in [0.5, 0.6) is 0 Å². The molecule has 3 N–H and O–H groups in total. The van der Waals surface area contributed by atoms with E-state index in [1.807, 2.05) is 0 Å². The van der Waals surface area contributed by atoms with Crippen LogP contribution < -0.4 is 11.1 Å². The second-order valence-electron chi connectivity index (χ2n) is 5.55. The Morgan fingerprint density at radius 3 is 2.50 bits per heavy atom. The number of nitrogens with two attached hydrogens (primary N) is 1. The predicted molar refractivity (Wildman–Crippen MR) is 75.0 cm³/mol. The lowest BCUT2D eigenvalue weighted by Crippen LogP contribution is -2.57. The average Bonchev–Trinajstić information content (AvgIpc) is 2.47. The van der Waals surface area contributed by atoms with Crippen LogP contribution in [0.15, 0.2) is 24.3 Å². The third-order valence-corrected chi connectivity index (χ3v) is 3.92. The number of rotatable bonds is 3. The van der Waals surface area contributed by atoms with E-state index < -0.39 is 29.2 Å². The average molecular weight is 316 g/mol. The Labute approximate surface area is 126 Å². The van der Waals surface area contributed by atoms with E-state index in [1.54, 1.807) is 0 Å². The SMILES string of the molecule is CC(NC(=O)C1(N)CCOCC1)c1ccccc1C(F)(F)F. The Morgan fingerprint density at radius 2 is 1.91 bits per heavy atom. The zero-order valence-electron chi connectivity index (χ0n) is 12.2. The number of carbonyl (C=O) groups excluding carboxylic acids is 1. The molecular weight excluding hydrogens is 297 g/mol. The first-order chi connectivity index (χ1) is 10.2. The van der Waals surface area contributed by atoms with Crippen LogP contribution in [-0.4, -0.2) is 24.7 Å². The molecule has 1 amide bonds. The number of halogens is 3. The fourth-order valence-electron chi connectivity index (χ4n) is 2.51. The summed E-state index contributed by atoms with van der Waals surface area (Å²) in [7, 11) is 0. The van der Waals surface area contributed by atoms with Gasteiger partial charge in [-0.3, -0.25) is 4.79 Å². The summed E-state index contributed by atoms with van der Waals surface area (Å²) in [5.74, 6) is -0.444. The van der Waals surface area contributed by atoms with E-state index >= 15 is 0 Å². The summed E-state index contributed by atoms with van der Waals surface area (Å²) in [5.41, 5.74) is 4.23. The van der Waals surface area contributed by atoms with Crippen molar-refractivity contribution in [1.82, 2.24) is 5.32 Å². The maximum absolute atomic E-state index is 13.0. The molecule has 1 unspecified atom stereocenters. The molecule has 122 valence electrons. The summed E-state index contributed by atoms with van der Waals surface area (Å²) in [6, 6.07) is 4.42. The fourth-order valence-corrected chi connectivity index (χ4v) is 2.51. The van der Waals surface area contributed by atoms with Gasteiger partial charge in [-0.1, -0.05) is 18.2 Å². The summed E-state index contributed by atoms with van der Waals surface area (Å²) < 4.78 is 44.2. The molecule has 1 fully saturated rings. The third kappa shape index (κ3) is 3.59. The Bertz CT molecular complexity index is 540. The van der Waals surface area contributed by atoms with Gasteiger partial charge in [0, 0.05) is 13.2 Å². The van der Waals surface area contributed by atoms with Gasteiger partial charge in [0.1, 0.15) is 0 Å². The normalized spacial score (nSPS) is 19.5. The lowest BCUT2D eigenvalue weighted by molar-refractivity contribution is -0.139. The van der Waals surface area contributed by atoms with E-state index in [1.165, 1.54) is 25.1 Å². The van der Waals surface area contributed by atoms with Crippen LogP contribution in [0.1, 0.15) is 36.9 Å². The highest BCUT2D eigenvalue weighted by Crippen LogP contribution is 2.34. The summed E-state index contributed by atoms with van der Waals surface area (Å²) in [5, 5.41) is 2.60. The molecule has 1 atom stereocenters. The number of nitrogens with one attached hydrogen (secondary N) is 1. The lowest BCUT2D eigenvalue weighted by Gasteiger charge is -2.33. The molecule has 0 aliphatic carbocycles. The minimum absolute atomic E-state index is 0.0269. The van der Waals surface area contributed by atoms with Crippen molar-refractivity contribution in [1.29, 1.82) is 0 Å². The predicted octanol–water partition coefficient (Wildman–Crippen LogP) is 2.39. The van der Waals surface area contributed by atoms with E-state index in [9.17, 15) is 18.0 Å². The number of alkyl halides is 3. The van der Waals surface area contributed by atoms with Gasteiger partial charge in [-0.25, -0.2) is 0 Å². The maximum Gasteiger partial charge on any atom is 0.416 e. The van der Waals surface area contributed by atoms with Gasteiger partial charge in [0.05, 0.1) is 17.1 Å². The first-order valence-corrected chi connectivity index (χ1v) is 7.08. The summed E-state index contributed by atoms with van der Waals surface area (Å²) in [6.45, 7) is 2.26. The van der Waals surface area contributed by atoms with Crippen LogP contribution in [-0.2, 0) is 15.7 Å². The molecule has 1 saturated heterocycles.